The molecule has 0 N–H and O–H groups in total. The standard InChI is InChI=1S/C16H15FN2O2/c1-21-15-6-5-12(17)8-13(15)16(20)19-9-11(10-19)14-4-2-3-7-18-14/h2-8,11H,9-10H2,1H3. The number of ether oxygens (including phenoxy) is 1. The molecular weight excluding hydrogens is 271 g/mol. The molecule has 2 aromatic rings. The minimum atomic E-state index is -0.444. The summed E-state index contributed by atoms with van der Waals surface area (Å²) in [6, 6.07) is 9.72. The number of benzene rings is 1. The van der Waals surface area contributed by atoms with E-state index < -0.39 is 5.82 Å². The molecule has 1 aromatic carbocycles. The van der Waals surface area contributed by atoms with Crippen LogP contribution in [0.1, 0.15) is 22.0 Å². The van der Waals surface area contributed by atoms with Crippen molar-refractivity contribution < 1.29 is 13.9 Å². The molecule has 0 radical (unpaired) electrons. The summed E-state index contributed by atoms with van der Waals surface area (Å²) in [5.74, 6) is -0.0168. The van der Waals surface area contributed by atoms with Gasteiger partial charge in [0.05, 0.1) is 12.7 Å². The number of hydrogen-bond donors (Lipinski definition) is 0. The Bertz CT molecular complexity index is 655. The van der Waals surface area contributed by atoms with E-state index in [1.165, 1.54) is 25.3 Å². The first-order valence-electron chi connectivity index (χ1n) is 6.73. The number of rotatable bonds is 3. The summed E-state index contributed by atoms with van der Waals surface area (Å²) in [6.45, 7) is 1.19. The highest BCUT2D eigenvalue weighted by atomic mass is 19.1. The number of halogens is 1. The molecule has 0 saturated carbocycles. The van der Waals surface area contributed by atoms with Gasteiger partial charge in [-0.05, 0) is 30.3 Å². The minimum Gasteiger partial charge on any atom is -0.496 e. The molecule has 0 unspecified atom stereocenters. The average Bonchev–Trinajstić information content (AvgIpc) is 2.46. The summed E-state index contributed by atoms with van der Waals surface area (Å²) in [5.41, 5.74) is 1.24. The molecule has 0 aliphatic carbocycles. The third-order valence-corrected chi connectivity index (χ3v) is 3.67. The Labute approximate surface area is 122 Å². The van der Waals surface area contributed by atoms with Crippen molar-refractivity contribution in [1.29, 1.82) is 0 Å². The first-order valence-corrected chi connectivity index (χ1v) is 6.73. The number of carbonyl (C=O) groups is 1. The number of likely N-dealkylation sites (tertiary alicyclic amines) is 1. The summed E-state index contributed by atoms with van der Waals surface area (Å²) in [5, 5.41) is 0. The second-order valence-electron chi connectivity index (χ2n) is 5.01. The summed E-state index contributed by atoms with van der Waals surface area (Å²) in [4.78, 5) is 18.4. The number of pyridine rings is 1. The SMILES string of the molecule is COc1ccc(F)cc1C(=O)N1CC(c2ccccn2)C1. The van der Waals surface area contributed by atoms with Crippen LogP contribution >= 0.6 is 0 Å². The number of hydrogen-bond acceptors (Lipinski definition) is 3. The van der Waals surface area contributed by atoms with Crippen LogP contribution in [0.4, 0.5) is 4.39 Å². The fraction of sp³-hybridized carbons (Fsp3) is 0.250. The minimum absolute atomic E-state index is 0.210. The summed E-state index contributed by atoms with van der Waals surface area (Å²) < 4.78 is 18.5. The molecule has 108 valence electrons. The Kier molecular flexibility index (Phi) is 3.56. The Morgan fingerprint density at radius 3 is 2.81 bits per heavy atom. The van der Waals surface area contributed by atoms with Gasteiger partial charge in [-0.2, -0.15) is 0 Å². The van der Waals surface area contributed by atoms with Gasteiger partial charge in [0.15, 0.2) is 0 Å². The molecule has 1 aliphatic heterocycles. The molecular formula is C16H15FN2O2. The van der Waals surface area contributed by atoms with E-state index in [1.54, 1.807) is 11.1 Å². The quantitative estimate of drug-likeness (QED) is 0.870. The van der Waals surface area contributed by atoms with Gasteiger partial charge in [0.25, 0.3) is 5.91 Å². The van der Waals surface area contributed by atoms with Gasteiger partial charge >= 0.3 is 0 Å². The highest BCUT2D eigenvalue weighted by molar-refractivity contribution is 5.97. The topological polar surface area (TPSA) is 42.4 Å². The van der Waals surface area contributed by atoms with Crippen molar-refractivity contribution in [3.63, 3.8) is 0 Å². The van der Waals surface area contributed by atoms with Crippen molar-refractivity contribution in [2.75, 3.05) is 20.2 Å². The largest absolute Gasteiger partial charge is 0.496 e. The molecule has 0 bridgehead atoms. The second-order valence-corrected chi connectivity index (χ2v) is 5.01. The van der Waals surface area contributed by atoms with Crippen LogP contribution in [0, 0.1) is 5.82 Å². The van der Waals surface area contributed by atoms with Crippen LogP contribution in [0.2, 0.25) is 0 Å². The van der Waals surface area contributed by atoms with Crippen LogP contribution in [-0.2, 0) is 0 Å². The van der Waals surface area contributed by atoms with Crippen molar-refractivity contribution in [2.24, 2.45) is 0 Å². The zero-order valence-corrected chi connectivity index (χ0v) is 11.6. The molecule has 0 spiro atoms. The Morgan fingerprint density at radius 1 is 1.33 bits per heavy atom. The predicted octanol–water partition coefficient (Wildman–Crippen LogP) is 2.47. The van der Waals surface area contributed by atoms with E-state index >= 15 is 0 Å². The molecule has 5 heteroatoms. The van der Waals surface area contributed by atoms with Crippen LogP contribution < -0.4 is 4.74 Å². The maximum absolute atomic E-state index is 13.3. The summed E-state index contributed by atoms with van der Waals surface area (Å²) in [6.07, 6.45) is 1.75. The molecule has 1 fully saturated rings. The fourth-order valence-corrected chi connectivity index (χ4v) is 2.47. The number of amides is 1. The Morgan fingerprint density at radius 2 is 2.14 bits per heavy atom. The molecule has 2 heterocycles. The fourth-order valence-electron chi connectivity index (χ4n) is 2.47. The first-order chi connectivity index (χ1) is 10.2. The van der Waals surface area contributed by atoms with Gasteiger partial charge in [0, 0.05) is 30.9 Å². The lowest BCUT2D eigenvalue weighted by Gasteiger charge is -2.39. The molecule has 1 saturated heterocycles. The molecule has 3 rings (SSSR count). The zero-order valence-electron chi connectivity index (χ0n) is 11.6. The lowest BCUT2D eigenvalue weighted by atomic mass is 9.94. The number of nitrogens with zero attached hydrogens (tertiary/aromatic N) is 2. The monoisotopic (exact) mass is 286 g/mol. The first kappa shape index (κ1) is 13.5. The van der Waals surface area contributed by atoms with Crippen molar-refractivity contribution in [3.05, 3.63) is 59.7 Å². The predicted molar refractivity (Wildman–Crippen MR) is 75.8 cm³/mol. The van der Waals surface area contributed by atoms with Crippen molar-refractivity contribution in [2.45, 2.75) is 5.92 Å². The van der Waals surface area contributed by atoms with Crippen LogP contribution in [-0.4, -0.2) is 36.0 Å². The lowest BCUT2D eigenvalue weighted by molar-refractivity contribution is 0.0595. The van der Waals surface area contributed by atoms with E-state index in [0.29, 0.717) is 18.8 Å². The molecule has 21 heavy (non-hydrogen) atoms. The van der Waals surface area contributed by atoms with E-state index in [0.717, 1.165) is 5.69 Å². The number of aromatic nitrogens is 1. The van der Waals surface area contributed by atoms with Gasteiger partial charge in [-0.1, -0.05) is 6.07 Å². The maximum atomic E-state index is 13.3. The highest BCUT2D eigenvalue weighted by Crippen LogP contribution is 2.29. The summed E-state index contributed by atoms with van der Waals surface area (Å²) in [7, 11) is 1.47. The van der Waals surface area contributed by atoms with Crippen molar-refractivity contribution >= 4 is 5.91 Å². The maximum Gasteiger partial charge on any atom is 0.257 e. The molecule has 4 nitrogen and oxygen atoms in total. The van der Waals surface area contributed by atoms with Gasteiger partial charge in [0.2, 0.25) is 0 Å². The molecule has 1 amide bonds. The van der Waals surface area contributed by atoms with Gasteiger partial charge in [-0.3, -0.25) is 9.78 Å². The van der Waals surface area contributed by atoms with Crippen LogP contribution in [0.3, 0.4) is 0 Å². The molecule has 0 atom stereocenters. The van der Waals surface area contributed by atoms with Crippen LogP contribution in [0.5, 0.6) is 5.75 Å². The Hall–Kier alpha value is -2.43. The third-order valence-electron chi connectivity index (χ3n) is 3.67. The van der Waals surface area contributed by atoms with Gasteiger partial charge in [-0.25, -0.2) is 4.39 Å². The van der Waals surface area contributed by atoms with E-state index in [2.05, 4.69) is 4.98 Å². The lowest BCUT2D eigenvalue weighted by Crippen LogP contribution is -2.48. The average molecular weight is 286 g/mol. The second kappa shape index (κ2) is 5.52. The smallest absolute Gasteiger partial charge is 0.257 e. The third kappa shape index (κ3) is 2.59. The van der Waals surface area contributed by atoms with E-state index in [-0.39, 0.29) is 17.4 Å². The number of carbonyl (C=O) groups excluding carboxylic acids is 1. The van der Waals surface area contributed by atoms with Crippen LogP contribution in [0.25, 0.3) is 0 Å². The van der Waals surface area contributed by atoms with Gasteiger partial charge < -0.3 is 9.64 Å². The van der Waals surface area contributed by atoms with Gasteiger partial charge in [0.1, 0.15) is 11.6 Å². The van der Waals surface area contributed by atoms with Crippen molar-refractivity contribution in [1.82, 2.24) is 9.88 Å². The highest BCUT2D eigenvalue weighted by Gasteiger charge is 2.34. The van der Waals surface area contributed by atoms with Crippen molar-refractivity contribution in [3.8, 4) is 5.75 Å². The van der Waals surface area contributed by atoms with E-state index in [4.69, 9.17) is 4.74 Å². The normalized spacial score (nSPS) is 14.7. The summed E-state index contributed by atoms with van der Waals surface area (Å²) >= 11 is 0. The molecule has 1 aliphatic rings. The number of methoxy groups -OCH3 is 1. The van der Waals surface area contributed by atoms with E-state index in [1.807, 2.05) is 18.2 Å². The van der Waals surface area contributed by atoms with E-state index in [9.17, 15) is 9.18 Å². The Balaban J connectivity index is 1.73. The van der Waals surface area contributed by atoms with Gasteiger partial charge in [-0.15, -0.1) is 0 Å². The van der Waals surface area contributed by atoms with Crippen LogP contribution in [0.15, 0.2) is 42.6 Å². The molecule has 1 aromatic heterocycles. The zero-order chi connectivity index (χ0) is 14.8.